The van der Waals surface area contributed by atoms with Gasteiger partial charge in [0.05, 0.1) is 19.7 Å². The van der Waals surface area contributed by atoms with Crippen molar-refractivity contribution in [1.82, 2.24) is 20.5 Å². The van der Waals surface area contributed by atoms with Gasteiger partial charge in [0.25, 0.3) is 0 Å². The quantitative estimate of drug-likeness (QED) is 0.210. The van der Waals surface area contributed by atoms with Gasteiger partial charge < -0.3 is 20.3 Å². The molecule has 11 heteroatoms. The number of aromatic nitrogens is 1. The van der Waals surface area contributed by atoms with Crippen LogP contribution in [0, 0.1) is 29.6 Å². The maximum atomic E-state index is 13.6. The second-order valence-corrected chi connectivity index (χ2v) is 16.6. The van der Waals surface area contributed by atoms with Crippen LogP contribution >= 0.6 is 11.3 Å². The molecule has 1 saturated heterocycles. The predicted octanol–water partition coefficient (Wildman–Crippen LogP) is 7.53. The van der Waals surface area contributed by atoms with Gasteiger partial charge in [0.1, 0.15) is 11.0 Å². The summed E-state index contributed by atoms with van der Waals surface area (Å²) in [6, 6.07) is 16.6. The first-order valence-electron chi connectivity index (χ1n) is 19.3. The molecule has 10 nitrogen and oxygen atoms in total. The zero-order valence-electron chi connectivity index (χ0n) is 31.2. The Morgan fingerprint density at radius 1 is 0.870 bits per heavy atom. The SMILES string of the molecule is COC(=O)N[C@H](C(=O)N1CCC[C@H]1C1=NC=C(c2ccc(-c3ccc(C4=CN=C([C@@H]5C6CCC(C6)[C@H]5C(=O)NCc5nccs5)C4)cc3)cc2)C1)C(C)C. The maximum absolute atomic E-state index is 13.6. The molecule has 1 aromatic heterocycles. The number of fused-ring (bicyclic) bond motifs is 2. The predicted molar refractivity (Wildman–Crippen MR) is 213 cm³/mol. The molecular formula is C43H48N6O4S. The lowest BCUT2D eigenvalue weighted by Crippen LogP contribution is -2.53. The van der Waals surface area contributed by atoms with Crippen LogP contribution in [0.15, 0.2) is 82.5 Å². The summed E-state index contributed by atoms with van der Waals surface area (Å²) in [7, 11) is 1.31. The minimum absolute atomic E-state index is 0.000339. The van der Waals surface area contributed by atoms with Crippen molar-refractivity contribution in [2.24, 2.45) is 39.6 Å². The Balaban J connectivity index is 0.864. The molecule has 3 fully saturated rings. The van der Waals surface area contributed by atoms with Gasteiger partial charge in [0.15, 0.2) is 0 Å². The van der Waals surface area contributed by atoms with E-state index in [1.165, 1.54) is 30.4 Å². The van der Waals surface area contributed by atoms with Crippen molar-refractivity contribution >= 4 is 51.8 Å². The Hall–Kier alpha value is -4.90. The van der Waals surface area contributed by atoms with Crippen molar-refractivity contribution in [2.45, 2.75) is 77.4 Å². The minimum atomic E-state index is -0.644. The highest BCUT2D eigenvalue weighted by atomic mass is 32.1. The van der Waals surface area contributed by atoms with Gasteiger partial charge in [-0.2, -0.15) is 0 Å². The first-order valence-corrected chi connectivity index (χ1v) is 20.2. The zero-order chi connectivity index (χ0) is 37.3. The second-order valence-electron chi connectivity index (χ2n) is 15.6. The summed E-state index contributed by atoms with van der Waals surface area (Å²) in [5.74, 6) is 1.21. The summed E-state index contributed by atoms with van der Waals surface area (Å²) < 4.78 is 4.77. The molecule has 3 aliphatic heterocycles. The topological polar surface area (TPSA) is 125 Å². The monoisotopic (exact) mass is 744 g/mol. The van der Waals surface area contributed by atoms with Gasteiger partial charge in [-0.05, 0) is 83.3 Å². The molecule has 2 aromatic carbocycles. The molecule has 3 amide bonds. The summed E-state index contributed by atoms with van der Waals surface area (Å²) >= 11 is 1.57. The van der Waals surface area contributed by atoms with Crippen LogP contribution in [0.25, 0.3) is 22.3 Å². The molecule has 2 unspecified atom stereocenters. The molecule has 4 heterocycles. The molecule has 2 aliphatic carbocycles. The Morgan fingerprint density at radius 3 is 2.13 bits per heavy atom. The molecule has 2 N–H and O–H groups in total. The molecule has 6 atom stereocenters. The van der Waals surface area contributed by atoms with E-state index < -0.39 is 12.1 Å². The van der Waals surface area contributed by atoms with Gasteiger partial charge in [-0.25, -0.2) is 9.78 Å². The molecule has 0 spiro atoms. The smallest absolute Gasteiger partial charge is 0.407 e. The van der Waals surface area contributed by atoms with Crippen molar-refractivity contribution in [3.63, 3.8) is 0 Å². The van der Waals surface area contributed by atoms with E-state index in [2.05, 4.69) is 64.1 Å². The largest absolute Gasteiger partial charge is 0.453 e. The summed E-state index contributed by atoms with van der Waals surface area (Å²) in [5, 5.41) is 8.79. The number of carbonyl (C=O) groups is 3. The lowest BCUT2D eigenvalue weighted by Gasteiger charge is -2.31. The Morgan fingerprint density at radius 2 is 1.50 bits per heavy atom. The van der Waals surface area contributed by atoms with E-state index in [-0.39, 0.29) is 35.6 Å². The number of thiazole rings is 1. The van der Waals surface area contributed by atoms with E-state index in [0.29, 0.717) is 31.3 Å². The van der Waals surface area contributed by atoms with Gasteiger partial charge in [0.2, 0.25) is 11.8 Å². The number of benzene rings is 2. The normalized spacial score (nSPS) is 25.0. The van der Waals surface area contributed by atoms with E-state index in [9.17, 15) is 14.4 Å². The first-order chi connectivity index (χ1) is 26.3. The molecular weight excluding hydrogens is 697 g/mol. The standard InChI is InChI=1S/C43H48N6O4S/c1-25(2)40(48-43(52)53-3)42(51)49-17-4-5-36(49)34-20-32(22-45-34)28-10-6-26(7-11-28)27-8-12-29(13-9-27)33-21-35(46-23-33)38-30-14-15-31(19-30)39(38)41(50)47-24-37-44-16-18-54-37/h6-13,16,18,22-23,25,30-31,36,38-40H,4-5,14-15,17,19-21,24H2,1-3H3,(H,47,50)(H,48,52)/t30?,31?,36-,38-,39+,40-/m0/s1. The number of ether oxygens (including phenoxy) is 1. The van der Waals surface area contributed by atoms with Gasteiger partial charge in [-0.1, -0.05) is 62.4 Å². The van der Waals surface area contributed by atoms with Crippen molar-refractivity contribution in [2.75, 3.05) is 13.7 Å². The number of allylic oxidation sites excluding steroid dienone is 2. The maximum Gasteiger partial charge on any atom is 0.407 e. The van der Waals surface area contributed by atoms with Crippen LogP contribution in [-0.2, 0) is 20.9 Å². The molecule has 54 heavy (non-hydrogen) atoms. The van der Waals surface area contributed by atoms with Crippen LogP contribution in [0.1, 0.15) is 74.9 Å². The third kappa shape index (κ3) is 7.18. The number of amides is 3. The number of aliphatic imine (C=N–C) groups is 2. The summed E-state index contributed by atoms with van der Waals surface area (Å²) in [5.41, 5.74) is 9.09. The molecule has 280 valence electrons. The third-order valence-corrected chi connectivity index (χ3v) is 13.0. The molecule has 5 aliphatic rings. The van der Waals surface area contributed by atoms with Crippen LogP contribution in [0.2, 0.25) is 0 Å². The van der Waals surface area contributed by atoms with Gasteiger partial charge in [0, 0.05) is 66.6 Å². The molecule has 2 bridgehead atoms. The average molecular weight is 745 g/mol. The van der Waals surface area contributed by atoms with Crippen molar-refractivity contribution in [1.29, 1.82) is 0 Å². The van der Waals surface area contributed by atoms with Gasteiger partial charge in [-0.3, -0.25) is 19.6 Å². The van der Waals surface area contributed by atoms with E-state index in [0.717, 1.165) is 65.1 Å². The van der Waals surface area contributed by atoms with E-state index in [1.807, 2.05) is 36.5 Å². The fraction of sp³-hybridized carbons (Fsp3) is 0.442. The summed E-state index contributed by atoms with van der Waals surface area (Å²) in [6.07, 6.45) is 11.9. The van der Waals surface area contributed by atoms with Crippen LogP contribution in [0.3, 0.4) is 0 Å². The number of rotatable bonds is 11. The average Bonchev–Trinajstić information content (AvgIpc) is 4.05. The third-order valence-electron chi connectivity index (χ3n) is 12.2. The highest BCUT2D eigenvalue weighted by Gasteiger charge is 2.52. The number of likely N-dealkylation sites (tertiary alicyclic amines) is 1. The van der Waals surface area contributed by atoms with Crippen LogP contribution in [0.5, 0.6) is 0 Å². The molecule has 3 aromatic rings. The van der Waals surface area contributed by atoms with Crippen molar-refractivity contribution in [3.05, 3.63) is 88.6 Å². The number of methoxy groups -OCH3 is 1. The van der Waals surface area contributed by atoms with E-state index >= 15 is 0 Å². The van der Waals surface area contributed by atoms with E-state index in [1.54, 1.807) is 17.5 Å². The fourth-order valence-electron chi connectivity index (χ4n) is 9.43. The Kier molecular flexibility index (Phi) is 10.3. The number of alkyl carbamates (subject to hydrolysis) is 1. The van der Waals surface area contributed by atoms with Crippen LogP contribution in [-0.4, -0.2) is 65.0 Å². The van der Waals surface area contributed by atoms with Gasteiger partial charge in [-0.15, -0.1) is 11.3 Å². The molecule has 0 radical (unpaired) electrons. The van der Waals surface area contributed by atoms with E-state index in [4.69, 9.17) is 14.7 Å². The van der Waals surface area contributed by atoms with Gasteiger partial charge >= 0.3 is 6.09 Å². The number of hydrogen-bond acceptors (Lipinski definition) is 8. The Bertz CT molecular complexity index is 2020. The molecule has 8 rings (SSSR count). The van der Waals surface area contributed by atoms with Crippen LogP contribution < -0.4 is 10.6 Å². The Labute approximate surface area is 320 Å². The first kappa shape index (κ1) is 36.1. The lowest BCUT2D eigenvalue weighted by atomic mass is 9.75. The van der Waals surface area contributed by atoms with Crippen molar-refractivity contribution < 1.29 is 19.1 Å². The molecule has 2 saturated carbocycles. The second kappa shape index (κ2) is 15.5. The lowest BCUT2D eigenvalue weighted by molar-refractivity contribution is -0.134. The number of nitrogens with zero attached hydrogens (tertiary/aromatic N) is 4. The number of carbonyl (C=O) groups excluding carboxylic acids is 3. The number of nitrogens with one attached hydrogen (secondary N) is 2. The minimum Gasteiger partial charge on any atom is -0.453 e. The fourth-order valence-corrected chi connectivity index (χ4v) is 9.99. The van der Waals surface area contributed by atoms with Crippen LogP contribution in [0.4, 0.5) is 4.79 Å². The summed E-state index contributed by atoms with van der Waals surface area (Å²) in [4.78, 5) is 54.9. The number of hydrogen-bond donors (Lipinski definition) is 2. The highest BCUT2D eigenvalue weighted by molar-refractivity contribution is 7.09. The zero-order valence-corrected chi connectivity index (χ0v) is 32.0. The highest BCUT2D eigenvalue weighted by Crippen LogP contribution is 2.54. The van der Waals surface area contributed by atoms with Crippen molar-refractivity contribution in [3.8, 4) is 11.1 Å². The summed E-state index contributed by atoms with van der Waals surface area (Å²) in [6.45, 7) is 5.00.